The molecular formula is C19H21NS. The summed E-state index contributed by atoms with van der Waals surface area (Å²) in [7, 11) is 2.07. The zero-order valence-electron chi connectivity index (χ0n) is 12.6. The molecule has 0 fully saturated rings. The average molecular weight is 295 g/mol. The van der Waals surface area contributed by atoms with Crippen molar-refractivity contribution >= 4 is 21.4 Å². The largest absolute Gasteiger partial charge is 0.316 e. The van der Waals surface area contributed by atoms with Crippen LogP contribution < -0.4 is 5.32 Å². The summed E-state index contributed by atoms with van der Waals surface area (Å²) in [6.45, 7) is 2.20. The van der Waals surface area contributed by atoms with E-state index >= 15 is 0 Å². The third-order valence-corrected chi connectivity index (χ3v) is 5.18. The van der Waals surface area contributed by atoms with Gasteiger partial charge >= 0.3 is 0 Å². The molecule has 2 heteroatoms. The van der Waals surface area contributed by atoms with Crippen LogP contribution in [0, 0.1) is 6.92 Å². The van der Waals surface area contributed by atoms with Gasteiger partial charge in [-0.1, -0.05) is 42.5 Å². The van der Waals surface area contributed by atoms with E-state index in [-0.39, 0.29) is 0 Å². The quantitative estimate of drug-likeness (QED) is 0.726. The Morgan fingerprint density at radius 2 is 1.67 bits per heavy atom. The summed E-state index contributed by atoms with van der Waals surface area (Å²) in [6, 6.07) is 17.9. The Morgan fingerprint density at radius 1 is 0.952 bits per heavy atom. The minimum atomic E-state index is 0.476. The average Bonchev–Trinajstić information content (AvgIpc) is 2.92. The molecule has 0 aliphatic heterocycles. The van der Waals surface area contributed by atoms with Crippen molar-refractivity contribution in [2.45, 2.75) is 25.8 Å². The molecule has 0 spiro atoms. The van der Waals surface area contributed by atoms with Gasteiger partial charge in [0.15, 0.2) is 0 Å². The second kappa shape index (κ2) is 6.42. The molecule has 0 saturated heterocycles. The lowest BCUT2D eigenvalue weighted by atomic mass is 9.96. The number of fused-ring (bicyclic) bond motifs is 1. The SMILES string of the molecule is CNC(Cc1ccccc1C)Cc1csc2ccccc12. The van der Waals surface area contributed by atoms with Gasteiger partial charge in [-0.2, -0.15) is 0 Å². The summed E-state index contributed by atoms with van der Waals surface area (Å²) in [5, 5.41) is 7.21. The van der Waals surface area contributed by atoms with Gasteiger partial charge < -0.3 is 5.32 Å². The highest BCUT2D eigenvalue weighted by Crippen LogP contribution is 2.27. The highest BCUT2D eigenvalue weighted by atomic mass is 32.1. The van der Waals surface area contributed by atoms with Gasteiger partial charge in [0.25, 0.3) is 0 Å². The molecule has 0 bridgehead atoms. The van der Waals surface area contributed by atoms with E-state index in [1.165, 1.54) is 26.8 Å². The molecule has 1 N–H and O–H groups in total. The minimum Gasteiger partial charge on any atom is -0.316 e. The van der Waals surface area contributed by atoms with Crippen molar-refractivity contribution in [3.8, 4) is 0 Å². The molecule has 2 aromatic carbocycles. The molecule has 1 aromatic heterocycles. The Balaban J connectivity index is 1.80. The monoisotopic (exact) mass is 295 g/mol. The summed E-state index contributed by atoms with van der Waals surface area (Å²) >= 11 is 1.85. The third kappa shape index (κ3) is 3.17. The molecule has 3 rings (SSSR count). The third-order valence-electron chi connectivity index (χ3n) is 4.16. The molecule has 3 aromatic rings. The Kier molecular flexibility index (Phi) is 4.37. The van der Waals surface area contributed by atoms with E-state index in [2.05, 4.69) is 73.2 Å². The van der Waals surface area contributed by atoms with E-state index in [4.69, 9.17) is 0 Å². The van der Waals surface area contributed by atoms with E-state index < -0.39 is 0 Å². The zero-order chi connectivity index (χ0) is 14.7. The van der Waals surface area contributed by atoms with Crippen LogP contribution in [0.15, 0.2) is 53.9 Å². The lowest BCUT2D eigenvalue weighted by molar-refractivity contribution is 0.557. The molecule has 0 radical (unpaired) electrons. The van der Waals surface area contributed by atoms with E-state index in [1.54, 1.807) is 0 Å². The van der Waals surface area contributed by atoms with E-state index in [0.29, 0.717) is 6.04 Å². The van der Waals surface area contributed by atoms with Gasteiger partial charge in [-0.3, -0.25) is 0 Å². The van der Waals surface area contributed by atoms with Crippen LogP contribution in [0.4, 0.5) is 0 Å². The highest BCUT2D eigenvalue weighted by molar-refractivity contribution is 7.17. The first kappa shape index (κ1) is 14.3. The summed E-state index contributed by atoms with van der Waals surface area (Å²) < 4.78 is 1.39. The summed E-state index contributed by atoms with van der Waals surface area (Å²) in [6.07, 6.45) is 2.15. The van der Waals surface area contributed by atoms with Gasteiger partial charge in [0, 0.05) is 10.7 Å². The molecule has 0 aliphatic rings. The van der Waals surface area contributed by atoms with Gasteiger partial charge in [0.1, 0.15) is 0 Å². The Labute approximate surface area is 130 Å². The number of nitrogens with one attached hydrogen (secondary N) is 1. The number of rotatable bonds is 5. The number of hydrogen-bond donors (Lipinski definition) is 1. The number of thiophene rings is 1. The molecule has 108 valence electrons. The molecule has 0 amide bonds. The molecule has 21 heavy (non-hydrogen) atoms. The smallest absolute Gasteiger partial charge is 0.0345 e. The fraction of sp³-hybridized carbons (Fsp3) is 0.263. The number of hydrogen-bond acceptors (Lipinski definition) is 2. The van der Waals surface area contributed by atoms with Crippen molar-refractivity contribution in [2.24, 2.45) is 0 Å². The van der Waals surface area contributed by atoms with Crippen molar-refractivity contribution in [3.05, 3.63) is 70.6 Å². The van der Waals surface area contributed by atoms with Crippen molar-refractivity contribution in [1.82, 2.24) is 5.32 Å². The Morgan fingerprint density at radius 3 is 2.48 bits per heavy atom. The van der Waals surface area contributed by atoms with Crippen LogP contribution in [0.2, 0.25) is 0 Å². The second-order valence-corrected chi connectivity index (χ2v) is 6.49. The number of likely N-dealkylation sites (N-methyl/N-ethyl adjacent to an activating group) is 1. The summed E-state index contributed by atoms with van der Waals surface area (Å²) in [5.74, 6) is 0. The second-order valence-electron chi connectivity index (χ2n) is 5.58. The normalized spacial score (nSPS) is 12.7. The zero-order valence-corrected chi connectivity index (χ0v) is 13.4. The number of aryl methyl sites for hydroxylation is 1. The maximum atomic E-state index is 3.49. The van der Waals surface area contributed by atoms with Crippen molar-refractivity contribution in [1.29, 1.82) is 0 Å². The predicted octanol–water partition coefficient (Wildman–Crippen LogP) is 4.58. The van der Waals surface area contributed by atoms with Crippen molar-refractivity contribution in [2.75, 3.05) is 7.05 Å². The van der Waals surface area contributed by atoms with Crippen LogP contribution in [0.1, 0.15) is 16.7 Å². The lowest BCUT2D eigenvalue weighted by Gasteiger charge is -2.17. The lowest BCUT2D eigenvalue weighted by Crippen LogP contribution is -2.30. The van der Waals surface area contributed by atoms with Gasteiger partial charge in [-0.05, 0) is 60.3 Å². The maximum Gasteiger partial charge on any atom is 0.0345 e. The van der Waals surface area contributed by atoms with Gasteiger partial charge in [0.05, 0.1) is 0 Å². The first-order chi connectivity index (χ1) is 10.3. The molecule has 1 atom stereocenters. The highest BCUT2D eigenvalue weighted by Gasteiger charge is 2.12. The van der Waals surface area contributed by atoms with Gasteiger partial charge in [0.2, 0.25) is 0 Å². The van der Waals surface area contributed by atoms with E-state index in [1.807, 2.05) is 11.3 Å². The van der Waals surface area contributed by atoms with Crippen LogP contribution in [0.3, 0.4) is 0 Å². The van der Waals surface area contributed by atoms with Crippen molar-refractivity contribution < 1.29 is 0 Å². The fourth-order valence-electron chi connectivity index (χ4n) is 2.84. The van der Waals surface area contributed by atoms with E-state index in [0.717, 1.165) is 12.8 Å². The summed E-state index contributed by atoms with van der Waals surface area (Å²) in [5.41, 5.74) is 4.29. The minimum absolute atomic E-state index is 0.476. The Hall–Kier alpha value is -1.64. The molecule has 1 unspecified atom stereocenters. The predicted molar refractivity (Wildman–Crippen MR) is 93.3 cm³/mol. The van der Waals surface area contributed by atoms with E-state index in [9.17, 15) is 0 Å². The standard InChI is InChI=1S/C19H21NS/c1-14-7-3-4-8-15(14)11-17(20-2)12-16-13-21-19-10-6-5-9-18(16)19/h3-10,13,17,20H,11-12H2,1-2H3. The van der Waals surface area contributed by atoms with Crippen LogP contribution in [0.25, 0.3) is 10.1 Å². The fourth-order valence-corrected chi connectivity index (χ4v) is 3.81. The van der Waals surface area contributed by atoms with Crippen LogP contribution >= 0.6 is 11.3 Å². The Bertz CT molecular complexity index is 729. The molecule has 0 saturated carbocycles. The van der Waals surface area contributed by atoms with Crippen LogP contribution in [-0.2, 0) is 12.8 Å². The number of benzene rings is 2. The molecule has 0 aliphatic carbocycles. The topological polar surface area (TPSA) is 12.0 Å². The summed E-state index contributed by atoms with van der Waals surface area (Å²) in [4.78, 5) is 0. The molecular weight excluding hydrogens is 274 g/mol. The molecule has 1 heterocycles. The maximum absolute atomic E-state index is 3.49. The molecule has 1 nitrogen and oxygen atoms in total. The van der Waals surface area contributed by atoms with Crippen LogP contribution in [0.5, 0.6) is 0 Å². The first-order valence-electron chi connectivity index (χ1n) is 7.45. The van der Waals surface area contributed by atoms with Crippen LogP contribution in [-0.4, -0.2) is 13.1 Å². The van der Waals surface area contributed by atoms with Gasteiger partial charge in [-0.15, -0.1) is 11.3 Å². The van der Waals surface area contributed by atoms with Crippen molar-refractivity contribution in [3.63, 3.8) is 0 Å². The first-order valence-corrected chi connectivity index (χ1v) is 8.33. The van der Waals surface area contributed by atoms with Gasteiger partial charge in [-0.25, -0.2) is 0 Å².